The maximum absolute atomic E-state index is 13.1. The van der Waals surface area contributed by atoms with Crippen LogP contribution in [0.2, 0.25) is 5.02 Å². The van der Waals surface area contributed by atoms with Gasteiger partial charge in [0.1, 0.15) is 11.3 Å². The Morgan fingerprint density at radius 3 is 2.62 bits per heavy atom. The van der Waals surface area contributed by atoms with Crippen molar-refractivity contribution in [3.63, 3.8) is 0 Å². The lowest BCUT2D eigenvalue weighted by Gasteiger charge is -2.34. The first-order valence-corrected chi connectivity index (χ1v) is 11.4. The largest absolute Gasteiger partial charge is 0.444 e. The summed E-state index contributed by atoms with van der Waals surface area (Å²) in [7, 11) is 0. The van der Waals surface area contributed by atoms with Crippen molar-refractivity contribution in [3.05, 3.63) is 57.6 Å². The smallest absolute Gasteiger partial charge is 0.410 e. The summed E-state index contributed by atoms with van der Waals surface area (Å²) >= 11 is 6.47. The van der Waals surface area contributed by atoms with Gasteiger partial charge in [-0.3, -0.25) is 9.78 Å². The van der Waals surface area contributed by atoms with Crippen molar-refractivity contribution in [3.8, 4) is 0 Å². The Morgan fingerprint density at radius 1 is 1.16 bits per heavy atom. The highest BCUT2D eigenvalue weighted by Crippen LogP contribution is 2.39. The summed E-state index contributed by atoms with van der Waals surface area (Å²) in [5.74, 6) is -0.139. The summed E-state index contributed by atoms with van der Waals surface area (Å²) in [6.07, 6.45) is 5.25. The van der Waals surface area contributed by atoms with Crippen LogP contribution in [0.3, 0.4) is 0 Å². The number of aromatic nitrogens is 2. The van der Waals surface area contributed by atoms with Crippen LogP contribution in [0.4, 0.5) is 4.79 Å². The van der Waals surface area contributed by atoms with Crippen LogP contribution in [0.15, 0.2) is 24.5 Å². The molecule has 0 bridgehead atoms. The zero-order valence-electron chi connectivity index (χ0n) is 19.0. The summed E-state index contributed by atoms with van der Waals surface area (Å²) in [4.78, 5) is 38.0. The highest BCUT2D eigenvalue weighted by molar-refractivity contribution is 6.30. The molecule has 32 heavy (non-hydrogen) atoms. The highest BCUT2D eigenvalue weighted by Gasteiger charge is 2.36. The third kappa shape index (κ3) is 4.72. The van der Waals surface area contributed by atoms with Crippen molar-refractivity contribution in [2.24, 2.45) is 0 Å². The fraction of sp³-hybridized carbons (Fsp3) is 0.500. The second-order valence-electron chi connectivity index (χ2n) is 9.48. The Bertz CT molecular complexity index is 1030. The number of aryl methyl sites for hydroxylation is 1. The van der Waals surface area contributed by atoms with E-state index >= 15 is 0 Å². The average Bonchev–Trinajstić information content (AvgIpc) is 3.21. The number of ether oxygens (including phenoxy) is 1. The van der Waals surface area contributed by atoms with Gasteiger partial charge in [0, 0.05) is 30.9 Å². The molecule has 170 valence electrons. The van der Waals surface area contributed by atoms with Gasteiger partial charge in [-0.1, -0.05) is 11.6 Å². The summed E-state index contributed by atoms with van der Waals surface area (Å²) in [6, 6.07) is 3.79. The molecule has 1 aromatic heterocycles. The highest BCUT2D eigenvalue weighted by atomic mass is 35.5. The van der Waals surface area contributed by atoms with E-state index in [0.29, 0.717) is 36.8 Å². The van der Waals surface area contributed by atoms with Crippen molar-refractivity contribution < 1.29 is 14.3 Å². The number of benzene rings is 1. The van der Waals surface area contributed by atoms with Crippen LogP contribution in [-0.4, -0.2) is 50.5 Å². The number of hydrogen-bond donors (Lipinski definition) is 0. The Labute approximate surface area is 193 Å². The lowest BCUT2D eigenvalue weighted by molar-refractivity contribution is 0.0222. The van der Waals surface area contributed by atoms with Gasteiger partial charge >= 0.3 is 6.09 Å². The van der Waals surface area contributed by atoms with Gasteiger partial charge in [0.15, 0.2) is 0 Å². The van der Waals surface area contributed by atoms with Gasteiger partial charge in [-0.15, -0.1) is 0 Å². The van der Waals surface area contributed by atoms with Gasteiger partial charge in [-0.05, 0) is 75.8 Å². The molecule has 1 aromatic carbocycles. The number of fused-ring (bicyclic) bond motifs is 1. The second-order valence-corrected chi connectivity index (χ2v) is 9.92. The average molecular weight is 457 g/mol. The number of likely N-dealkylation sites (tertiary alicyclic amines) is 1. The van der Waals surface area contributed by atoms with E-state index in [1.54, 1.807) is 16.0 Å². The third-order valence-electron chi connectivity index (χ3n) is 5.87. The minimum absolute atomic E-state index is 0.119. The van der Waals surface area contributed by atoms with Crippen LogP contribution in [0.1, 0.15) is 72.5 Å². The molecule has 0 saturated carbocycles. The number of rotatable bonds is 2. The van der Waals surface area contributed by atoms with Crippen LogP contribution < -0.4 is 0 Å². The molecular formula is C24H29ClN4O3. The third-order valence-corrected chi connectivity index (χ3v) is 6.09. The topological polar surface area (TPSA) is 75.6 Å². The van der Waals surface area contributed by atoms with Gasteiger partial charge in [-0.25, -0.2) is 9.78 Å². The lowest BCUT2D eigenvalue weighted by Crippen LogP contribution is -2.39. The molecule has 0 spiro atoms. The van der Waals surface area contributed by atoms with Gasteiger partial charge in [0.25, 0.3) is 5.91 Å². The fourth-order valence-corrected chi connectivity index (χ4v) is 4.67. The fourth-order valence-electron chi connectivity index (χ4n) is 4.42. The number of nitrogens with zero attached hydrogens (tertiary/aromatic N) is 4. The summed E-state index contributed by atoms with van der Waals surface area (Å²) < 4.78 is 5.65. The molecule has 0 N–H and O–H groups in total. The number of hydrogen-bond acceptors (Lipinski definition) is 5. The van der Waals surface area contributed by atoms with Crippen molar-refractivity contribution in [1.29, 1.82) is 0 Å². The maximum Gasteiger partial charge on any atom is 0.410 e. The van der Waals surface area contributed by atoms with E-state index in [4.69, 9.17) is 16.3 Å². The van der Waals surface area contributed by atoms with E-state index in [9.17, 15) is 9.59 Å². The molecule has 7 nitrogen and oxygen atoms in total. The van der Waals surface area contributed by atoms with Crippen LogP contribution >= 0.6 is 11.6 Å². The number of carbonyl (C=O) groups excluding carboxylic acids is 2. The predicted octanol–water partition coefficient (Wildman–Crippen LogP) is 4.71. The van der Waals surface area contributed by atoms with Crippen molar-refractivity contribution >= 4 is 23.6 Å². The quantitative estimate of drug-likeness (QED) is 0.654. The van der Waals surface area contributed by atoms with E-state index in [-0.39, 0.29) is 18.0 Å². The minimum atomic E-state index is -0.559. The van der Waals surface area contributed by atoms with Crippen molar-refractivity contribution in [2.75, 3.05) is 13.1 Å². The minimum Gasteiger partial charge on any atom is -0.444 e. The molecule has 0 unspecified atom stereocenters. The number of amides is 2. The van der Waals surface area contributed by atoms with E-state index in [1.807, 2.05) is 39.8 Å². The molecule has 1 atom stereocenters. The second kappa shape index (κ2) is 8.70. The molecule has 2 aromatic rings. The standard InChI is InChI=1S/C24H29ClN4O3/c1-15-12-27-20(13-26-15)22(30)28-9-7-16-10-17(25)11-18(19(16)14-28)21-6-5-8-29(21)23(31)32-24(2,3)4/h10-13,21H,5-9,14H2,1-4H3/t21-/m0/s1. The Balaban J connectivity index is 1.63. The van der Waals surface area contributed by atoms with Crippen LogP contribution in [-0.2, 0) is 17.7 Å². The van der Waals surface area contributed by atoms with Crippen molar-refractivity contribution in [1.82, 2.24) is 19.8 Å². The molecule has 2 aliphatic heterocycles. The molecule has 0 radical (unpaired) electrons. The Morgan fingerprint density at radius 2 is 1.94 bits per heavy atom. The first-order valence-electron chi connectivity index (χ1n) is 11.0. The predicted molar refractivity (Wildman–Crippen MR) is 122 cm³/mol. The molecule has 4 rings (SSSR count). The maximum atomic E-state index is 13.1. The zero-order valence-corrected chi connectivity index (χ0v) is 19.8. The molecule has 8 heteroatoms. The summed E-state index contributed by atoms with van der Waals surface area (Å²) in [5, 5.41) is 0.652. The number of carbonyl (C=O) groups is 2. The molecule has 3 heterocycles. The molecule has 2 aliphatic rings. The van der Waals surface area contributed by atoms with Crippen LogP contribution in [0.25, 0.3) is 0 Å². The summed E-state index contributed by atoms with van der Waals surface area (Å²) in [5.41, 5.74) is 3.74. The molecule has 0 aliphatic carbocycles. The Hall–Kier alpha value is -2.67. The van der Waals surface area contributed by atoms with Gasteiger partial charge < -0.3 is 14.5 Å². The van der Waals surface area contributed by atoms with Gasteiger partial charge in [0.05, 0.1) is 17.9 Å². The zero-order chi connectivity index (χ0) is 23.0. The number of halogens is 1. The lowest BCUT2D eigenvalue weighted by atomic mass is 9.90. The van der Waals surface area contributed by atoms with Crippen LogP contribution in [0.5, 0.6) is 0 Å². The SMILES string of the molecule is Cc1cnc(C(=O)N2CCc3cc(Cl)cc([C@@H]4CCCN4C(=O)OC(C)(C)C)c3C2)cn1. The van der Waals surface area contributed by atoms with Crippen LogP contribution in [0, 0.1) is 6.92 Å². The summed E-state index contributed by atoms with van der Waals surface area (Å²) in [6.45, 7) is 9.13. The first-order chi connectivity index (χ1) is 15.1. The molecule has 1 fully saturated rings. The molecule has 1 saturated heterocycles. The van der Waals surface area contributed by atoms with E-state index in [0.717, 1.165) is 35.2 Å². The van der Waals surface area contributed by atoms with E-state index in [1.165, 1.54) is 6.20 Å². The van der Waals surface area contributed by atoms with Gasteiger partial charge in [-0.2, -0.15) is 0 Å². The first kappa shape index (κ1) is 22.5. The monoisotopic (exact) mass is 456 g/mol. The molecule has 2 amide bonds. The molecular weight excluding hydrogens is 428 g/mol. The van der Waals surface area contributed by atoms with E-state index in [2.05, 4.69) is 9.97 Å². The van der Waals surface area contributed by atoms with Gasteiger partial charge in [0.2, 0.25) is 0 Å². The normalized spacial score (nSPS) is 18.5. The van der Waals surface area contributed by atoms with Crippen molar-refractivity contribution in [2.45, 2.75) is 65.1 Å². The van der Waals surface area contributed by atoms with E-state index < -0.39 is 5.60 Å². The Kier molecular flexibility index (Phi) is 6.12.